The zero-order valence-corrected chi connectivity index (χ0v) is 12.5. The SMILES string of the molecule is CCc1cccc(-n2c3ccccc3c3ccccc32)c1O. The highest BCUT2D eigenvalue weighted by molar-refractivity contribution is 6.09. The van der Waals surface area contributed by atoms with Crippen LogP contribution in [0.25, 0.3) is 27.5 Å². The van der Waals surface area contributed by atoms with Gasteiger partial charge in [0.25, 0.3) is 0 Å². The molecular weight excluding hydrogens is 270 g/mol. The van der Waals surface area contributed by atoms with Crippen molar-refractivity contribution < 1.29 is 5.11 Å². The molecule has 0 radical (unpaired) electrons. The van der Waals surface area contributed by atoms with E-state index < -0.39 is 0 Å². The predicted octanol–water partition coefficient (Wildman–Crippen LogP) is 5.05. The highest BCUT2D eigenvalue weighted by atomic mass is 16.3. The monoisotopic (exact) mass is 287 g/mol. The molecule has 4 aromatic rings. The summed E-state index contributed by atoms with van der Waals surface area (Å²) in [6, 6.07) is 22.6. The molecule has 0 aliphatic heterocycles. The van der Waals surface area contributed by atoms with Gasteiger partial charge in [0.05, 0.1) is 16.7 Å². The zero-order chi connectivity index (χ0) is 15.1. The normalized spacial score (nSPS) is 11.3. The number of aryl methyl sites for hydroxylation is 1. The first-order chi connectivity index (χ1) is 10.8. The molecule has 1 heterocycles. The van der Waals surface area contributed by atoms with Gasteiger partial charge in [-0.15, -0.1) is 0 Å². The standard InChI is InChI=1S/C20H17NO/c1-2-14-8-7-13-19(20(14)22)21-17-11-5-3-9-15(17)16-10-4-6-12-18(16)21/h3-13,22H,2H2,1H3. The van der Waals surface area contributed by atoms with E-state index in [9.17, 15) is 5.11 Å². The summed E-state index contributed by atoms with van der Waals surface area (Å²) in [5, 5.41) is 13.1. The van der Waals surface area contributed by atoms with Crippen molar-refractivity contribution in [2.45, 2.75) is 13.3 Å². The number of hydrogen-bond acceptors (Lipinski definition) is 1. The fraction of sp³-hybridized carbons (Fsp3) is 0.100. The fourth-order valence-electron chi connectivity index (χ4n) is 3.23. The highest BCUT2D eigenvalue weighted by Gasteiger charge is 2.14. The van der Waals surface area contributed by atoms with Crippen LogP contribution in [0.1, 0.15) is 12.5 Å². The first-order valence-electron chi connectivity index (χ1n) is 7.60. The van der Waals surface area contributed by atoms with E-state index in [0.29, 0.717) is 5.75 Å². The van der Waals surface area contributed by atoms with Crippen LogP contribution in [0.4, 0.5) is 0 Å². The molecule has 1 N–H and O–H groups in total. The van der Waals surface area contributed by atoms with Crippen molar-refractivity contribution in [3.05, 3.63) is 72.3 Å². The lowest BCUT2D eigenvalue weighted by atomic mass is 10.1. The van der Waals surface area contributed by atoms with Gasteiger partial charge in [-0.1, -0.05) is 55.5 Å². The lowest BCUT2D eigenvalue weighted by Gasteiger charge is -2.12. The predicted molar refractivity (Wildman–Crippen MR) is 91.8 cm³/mol. The summed E-state index contributed by atoms with van der Waals surface area (Å²) in [5.74, 6) is 0.372. The van der Waals surface area contributed by atoms with E-state index in [0.717, 1.165) is 28.7 Å². The maximum atomic E-state index is 10.7. The number of aromatic nitrogens is 1. The molecule has 2 heteroatoms. The third kappa shape index (κ3) is 1.74. The third-order valence-electron chi connectivity index (χ3n) is 4.30. The molecule has 108 valence electrons. The average molecular weight is 287 g/mol. The van der Waals surface area contributed by atoms with Gasteiger partial charge in [0.15, 0.2) is 0 Å². The first-order valence-corrected chi connectivity index (χ1v) is 7.60. The van der Waals surface area contributed by atoms with Gasteiger partial charge in [-0.3, -0.25) is 0 Å². The molecule has 0 unspecified atom stereocenters. The molecule has 2 nitrogen and oxygen atoms in total. The average Bonchev–Trinajstić information content (AvgIpc) is 2.90. The minimum atomic E-state index is 0.372. The molecule has 0 saturated carbocycles. The van der Waals surface area contributed by atoms with Crippen LogP contribution in [0.3, 0.4) is 0 Å². The van der Waals surface area contributed by atoms with Crippen LogP contribution in [-0.2, 0) is 6.42 Å². The number of benzene rings is 3. The van der Waals surface area contributed by atoms with E-state index in [1.54, 1.807) is 0 Å². The molecule has 0 bridgehead atoms. The summed E-state index contributed by atoms with van der Waals surface area (Å²) in [5.41, 5.74) is 4.05. The van der Waals surface area contributed by atoms with Crippen molar-refractivity contribution in [3.8, 4) is 11.4 Å². The number of aromatic hydroxyl groups is 1. The third-order valence-corrected chi connectivity index (χ3v) is 4.30. The van der Waals surface area contributed by atoms with E-state index in [4.69, 9.17) is 0 Å². The zero-order valence-electron chi connectivity index (χ0n) is 12.5. The molecule has 22 heavy (non-hydrogen) atoms. The summed E-state index contributed by atoms with van der Waals surface area (Å²) < 4.78 is 2.15. The number of phenols is 1. The molecule has 0 fully saturated rings. The van der Waals surface area contributed by atoms with Crippen LogP contribution in [0.2, 0.25) is 0 Å². The van der Waals surface area contributed by atoms with Crippen molar-refractivity contribution in [1.82, 2.24) is 4.57 Å². The van der Waals surface area contributed by atoms with Crippen molar-refractivity contribution in [2.24, 2.45) is 0 Å². The maximum absolute atomic E-state index is 10.7. The van der Waals surface area contributed by atoms with E-state index in [1.807, 2.05) is 30.3 Å². The molecule has 1 aromatic heterocycles. The van der Waals surface area contributed by atoms with Gasteiger partial charge in [0.2, 0.25) is 0 Å². The minimum absolute atomic E-state index is 0.372. The largest absolute Gasteiger partial charge is 0.505 e. The molecule has 0 saturated heterocycles. The number of para-hydroxylation sites is 3. The Morgan fingerprint density at radius 1 is 0.773 bits per heavy atom. The van der Waals surface area contributed by atoms with Crippen LogP contribution in [0, 0.1) is 0 Å². The quantitative estimate of drug-likeness (QED) is 0.548. The van der Waals surface area contributed by atoms with Gasteiger partial charge >= 0.3 is 0 Å². The van der Waals surface area contributed by atoms with E-state index >= 15 is 0 Å². The van der Waals surface area contributed by atoms with E-state index in [2.05, 4.69) is 47.9 Å². The van der Waals surface area contributed by atoms with Gasteiger partial charge in [0.1, 0.15) is 5.75 Å². The van der Waals surface area contributed by atoms with Crippen LogP contribution in [0.5, 0.6) is 5.75 Å². The minimum Gasteiger partial charge on any atom is -0.505 e. The summed E-state index contributed by atoms with van der Waals surface area (Å²) in [6.07, 6.45) is 0.816. The maximum Gasteiger partial charge on any atom is 0.142 e. The molecule has 3 aromatic carbocycles. The Kier molecular flexibility index (Phi) is 2.90. The van der Waals surface area contributed by atoms with E-state index in [-0.39, 0.29) is 0 Å². The van der Waals surface area contributed by atoms with Crippen LogP contribution in [0.15, 0.2) is 66.7 Å². The molecular formula is C20H17NO. The van der Waals surface area contributed by atoms with Crippen molar-refractivity contribution in [1.29, 1.82) is 0 Å². The van der Waals surface area contributed by atoms with Crippen LogP contribution >= 0.6 is 0 Å². The molecule has 0 aliphatic carbocycles. The number of hydrogen-bond donors (Lipinski definition) is 1. The fourth-order valence-corrected chi connectivity index (χ4v) is 3.23. The summed E-state index contributed by atoms with van der Waals surface area (Å²) in [6.45, 7) is 2.06. The summed E-state index contributed by atoms with van der Waals surface area (Å²) >= 11 is 0. The van der Waals surface area contributed by atoms with Gasteiger partial charge in [-0.25, -0.2) is 0 Å². The highest BCUT2D eigenvalue weighted by Crippen LogP contribution is 2.35. The first kappa shape index (κ1) is 13.0. The molecule has 0 spiro atoms. The molecule has 4 rings (SSSR count). The van der Waals surface area contributed by atoms with Crippen molar-refractivity contribution in [3.63, 3.8) is 0 Å². The van der Waals surface area contributed by atoms with E-state index in [1.165, 1.54) is 10.8 Å². The van der Waals surface area contributed by atoms with Gasteiger partial charge < -0.3 is 9.67 Å². The number of fused-ring (bicyclic) bond motifs is 3. The smallest absolute Gasteiger partial charge is 0.142 e. The van der Waals surface area contributed by atoms with Gasteiger partial charge in [-0.05, 0) is 30.2 Å². The Labute approximate surface area is 129 Å². The van der Waals surface area contributed by atoms with Gasteiger partial charge in [0, 0.05) is 10.8 Å². The summed E-state index contributed by atoms with van der Waals surface area (Å²) in [7, 11) is 0. The second-order valence-corrected chi connectivity index (χ2v) is 5.51. The second-order valence-electron chi connectivity index (χ2n) is 5.51. The van der Waals surface area contributed by atoms with Crippen LogP contribution in [-0.4, -0.2) is 9.67 Å². The Morgan fingerprint density at radius 2 is 1.36 bits per heavy atom. The lowest BCUT2D eigenvalue weighted by Crippen LogP contribution is -1.96. The molecule has 0 aliphatic rings. The Morgan fingerprint density at radius 3 is 1.95 bits per heavy atom. The lowest BCUT2D eigenvalue weighted by molar-refractivity contribution is 0.466. The Balaban J connectivity index is 2.18. The van der Waals surface area contributed by atoms with Gasteiger partial charge in [-0.2, -0.15) is 0 Å². The van der Waals surface area contributed by atoms with Crippen molar-refractivity contribution >= 4 is 21.8 Å². The van der Waals surface area contributed by atoms with Crippen LogP contribution < -0.4 is 0 Å². The number of rotatable bonds is 2. The molecule has 0 atom stereocenters. The number of nitrogens with zero attached hydrogens (tertiary/aromatic N) is 1. The Hall–Kier alpha value is -2.74. The second kappa shape index (κ2) is 4.92. The topological polar surface area (TPSA) is 25.2 Å². The van der Waals surface area contributed by atoms with Crippen molar-refractivity contribution in [2.75, 3.05) is 0 Å². The number of phenolic OH excluding ortho intramolecular Hbond substituents is 1. The Bertz CT molecular complexity index is 928. The molecule has 0 amide bonds. The summed E-state index contributed by atoms with van der Waals surface area (Å²) in [4.78, 5) is 0.